The lowest BCUT2D eigenvalue weighted by Crippen LogP contribution is -2.44. The summed E-state index contributed by atoms with van der Waals surface area (Å²) in [5.74, 6) is -0.221. The molecule has 1 unspecified atom stereocenters. The van der Waals surface area contributed by atoms with Gasteiger partial charge in [0, 0.05) is 26.2 Å². The van der Waals surface area contributed by atoms with E-state index in [0.717, 1.165) is 26.2 Å². The number of nitrogens with one attached hydrogen (secondary N) is 1. The molecule has 18 heavy (non-hydrogen) atoms. The molecule has 1 aliphatic heterocycles. The summed E-state index contributed by atoms with van der Waals surface area (Å²) >= 11 is 0. The van der Waals surface area contributed by atoms with E-state index in [9.17, 15) is 9.65 Å². The van der Waals surface area contributed by atoms with Gasteiger partial charge in [-0.05, 0) is 17.7 Å². The molecule has 1 fully saturated rings. The molecule has 0 bridgehead atoms. The third-order valence-corrected chi connectivity index (χ3v) is 3.13. The maximum Gasteiger partial charge on any atom is 0.165 e. The third-order valence-electron chi connectivity index (χ3n) is 3.13. The van der Waals surface area contributed by atoms with E-state index in [1.165, 1.54) is 13.2 Å². The van der Waals surface area contributed by atoms with Crippen molar-refractivity contribution in [3.63, 3.8) is 0 Å². The van der Waals surface area contributed by atoms with Gasteiger partial charge in [0.25, 0.3) is 0 Å². The Morgan fingerprint density at radius 3 is 2.72 bits per heavy atom. The SMILES string of the molecule is COc1ccc(C(C#N)N2CCNCC2)cc1F. The first-order chi connectivity index (χ1) is 8.76. The second-order valence-corrected chi connectivity index (χ2v) is 4.21. The maximum atomic E-state index is 13.6. The van der Waals surface area contributed by atoms with Gasteiger partial charge in [-0.1, -0.05) is 6.07 Å². The quantitative estimate of drug-likeness (QED) is 0.877. The van der Waals surface area contributed by atoms with Gasteiger partial charge in [-0.3, -0.25) is 4.90 Å². The number of hydrogen-bond acceptors (Lipinski definition) is 4. The molecular weight excluding hydrogens is 233 g/mol. The van der Waals surface area contributed by atoms with Crippen LogP contribution < -0.4 is 10.1 Å². The number of benzene rings is 1. The monoisotopic (exact) mass is 249 g/mol. The van der Waals surface area contributed by atoms with Crippen molar-refractivity contribution < 1.29 is 9.13 Å². The van der Waals surface area contributed by atoms with E-state index >= 15 is 0 Å². The summed E-state index contributed by atoms with van der Waals surface area (Å²) in [5.41, 5.74) is 0.678. The number of nitrogens with zero attached hydrogens (tertiary/aromatic N) is 2. The Hall–Kier alpha value is -1.64. The molecule has 2 rings (SSSR count). The van der Waals surface area contributed by atoms with Crippen LogP contribution in [0.15, 0.2) is 18.2 Å². The van der Waals surface area contributed by atoms with E-state index in [2.05, 4.69) is 16.3 Å². The van der Waals surface area contributed by atoms with Gasteiger partial charge in [0.15, 0.2) is 11.6 Å². The highest BCUT2D eigenvalue weighted by Crippen LogP contribution is 2.25. The van der Waals surface area contributed by atoms with Crippen LogP contribution in [0.4, 0.5) is 4.39 Å². The van der Waals surface area contributed by atoms with Crippen molar-refractivity contribution in [2.75, 3.05) is 33.3 Å². The van der Waals surface area contributed by atoms with Crippen LogP contribution in [-0.4, -0.2) is 38.2 Å². The highest BCUT2D eigenvalue weighted by atomic mass is 19.1. The third kappa shape index (κ3) is 2.61. The molecule has 1 N–H and O–H groups in total. The fourth-order valence-electron chi connectivity index (χ4n) is 2.16. The summed E-state index contributed by atoms with van der Waals surface area (Å²) in [6.07, 6.45) is 0. The first-order valence-corrected chi connectivity index (χ1v) is 5.94. The molecule has 4 nitrogen and oxygen atoms in total. The minimum absolute atomic E-state index is 0.204. The van der Waals surface area contributed by atoms with E-state index in [4.69, 9.17) is 4.74 Å². The number of rotatable bonds is 3. The number of nitriles is 1. The van der Waals surface area contributed by atoms with E-state index in [1.54, 1.807) is 12.1 Å². The fourth-order valence-corrected chi connectivity index (χ4v) is 2.16. The Labute approximate surface area is 106 Å². The van der Waals surface area contributed by atoms with Gasteiger partial charge in [0.2, 0.25) is 0 Å². The van der Waals surface area contributed by atoms with Gasteiger partial charge >= 0.3 is 0 Å². The summed E-state index contributed by atoms with van der Waals surface area (Å²) in [7, 11) is 1.43. The molecule has 0 aromatic heterocycles. The zero-order valence-electron chi connectivity index (χ0n) is 10.3. The molecular formula is C13H16FN3O. The summed E-state index contributed by atoms with van der Waals surface area (Å²) < 4.78 is 18.5. The van der Waals surface area contributed by atoms with Crippen LogP contribution in [0.1, 0.15) is 11.6 Å². The number of halogens is 1. The van der Waals surface area contributed by atoms with Crippen molar-refractivity contribution in [2.45, 2.75) is 6.04 Å². The summed E-state index contributed by atoms with van der Waals surface area (Å²) in [4.78, 5) is 2.05. The minimum Gasteiger partial charge on any atom is -0.494 e. The van der Waals surface area contributed by atoms with Crippen molar-refractivity contribution in [1.82, 2.24) is 10.2 Å². The lowest BCUT2D eigenvalue weighted by atomic mass is 10.1. The number of methoxy groups -OCH3 is 1. The lowest BCUT2D eigenvalue weighted by Gasteiger charge is -2.31. The molecule has 1 aromatic rings. The Kier molecular flexibility index (Phi) is 4.13. The number of hydrogen-bond donors (Lipinski definition) is 1. The normalized spacial score (nSPS) is 18.1. The molecule has 5 heteroatoms. The zero-order valence-corrected chi connectivity index (χ0v) is 10.3. The second-order valence-electron chi connectivity index (χ2n) is 4.21. The van der Waals surface area contributed by atoms with Gasteiger partial charge in [-0.2, -0.15) is 5.26 Å². The zero-order chi connectivity index (χ0) is 13.0. The first-order valence-electron chi connectivity index (χ1n) is 5.94. The number of ether oxygens (including phenoxy) is 1. The summed E-state index contributed by atoms with van der Waals surface area (Å²) in [6, 6.07) is 6.55. The van der Waals surface area contributed by atoms with Crippen LogP contribution in [-0.2, 0) is 0 Å². The summed E-state index contributed by atoms with van der Waals surface area (Å²) in [5, 5.41) is 12.5. The predicted molar refractivity (Wildman–Crippen MR) is 65.7 cm³/mol. The van der Waals surface area contributed by atoms with Gasteiger partial charge in [0.1, 0.15) is 6.04 Å². The largest absolute Gasteiger partial charge is 0.494 e. The maximum absolute atomic E-state index is 13.6. The van der Waals surface area contributed by atoms with Crippen LogP contribution >= 0.6 is 0 Å². The van der Waals surface area contributed by atoms with Crippen molar-refractivity contribution in [2.24, 2.45) is 0 Å². The standard InChI is InChI=1S/C13H16FN3O/c1-18-13-3-2-10(8-11(13)14)12(9-15)17-6-4-16-5-7-17/h2-3,8,12,16H,4-7H2,1H3. The van der Waals surface area contributed by atoms with Crippen LogP contribution in [0.25, 0.3) is 0 Å². The van der Waals surface area contributed by atoms with Gasteiger partial charge in [0.05, 0.1) is 13.2 Å². The molecule has 0 spiro atoms. The molecule has 0 aliphatic carbocycles. The molecule has 0 radical (unpaired) electrons. The molecule has 96 valence electrons. The topological polar surface area (TPSA) is 48.3 Å². The molecule has 1 aromatic carbocycles. The number of piperazine rings is 1. The van der Waals surface area contributed by atoms with E-state index in [-0.39, 0.29) is 5.75 Å². The first kappa shape index (κ1) is 12.8. The highest BCUT2D eigenvalue weighted by molar-refractivity contribution is 5.33. The average Bonchev–Trinajstić information content (AvgIpc) is 2.41. The molecule has 0 amide bonds. The van der Waals surface area contributed by atoms with Crippen molar-refractivity contribution >= 4 is 0 Å². The highest BCUT2D eigenvalue weighted by Gasteiger charge is 2.22. The molecule has 1 saturated heterocycles. The minimum atomic E-state index is -0.426. The lowest BCUT2D eigenvalue weighted by molar-refractivity contribution is 0.207. The Morgan fingerprint density at radius 2 is 2.17 bits per heavy atom. The van der Waals surface area contributed by atoms with Crippen LogP contribution in [0.3, 0.4) is 0 Å². The Morgan fingerprint density at radius 1 is 1.44 bits per heavy atom. The van der Waals surface area contributed by atoms with Crippen LogP contribution in [0.5, 0.6) is 5.75 Å². The molecule has 1 aliphatic rings. The Bertz CT molecular complexity index is 452. The van der Waals surface area contributed by atoms with E-state index in [0.29, 0.717) is 5.56 Å². The van der Waals surface area contributed by atoms with Gasteiger partial charge < -0.3 is 10.1 Å². The van der Waals surface area contributed by atoms with Crippen molar-refractivity contribution in [3.05, 3.63) is 29.6 Å². The van der Waals surface area contributed by atoms with E-state index in [1.807, 2.05) is 0 Å². The van der Waals surface area contributed by atoms with Crippen molar-refractivity contribution in [1.29, 1.82) is 5.26 Å². The van der Waals surface area contributed by atoms with Gasteiger partial charge in [-0.25, -0.2) is 4.39 Å². The molecule has 1 heterocycles. The Balaban J connectivity index is 2.22. The van der Waals surface area contributed by atoms with E-state index < -0.39 is 11.9 Å². The fraction of sp³-hybridized carbons (Fsp3) is 0.462. The average molecular weight is 249 g/mol. The smallest absolute Gasteiger partial charge is 0.165 e. The van der Waals surface area contributed by atoms with Crippen LogP contribution in [0.2, 0.25) is 0 Å². The van der Waals surface area contributed by atoms with Gasteiger partial charge in [-0.15, -0.1) is 0 Å². The molecule has 0 saturated carbocycles. The van der Waals surface area contributed by atoms with Crippen molar-refractivity contribution in [3.8, 4) is 11.8 Å². The summed E-state index contributed by atoms with van der Waals surface area (Å²) in [6.45, 7) is 3.31. The van der Waals surface area contributed by atoms with Crippen LogP contribution in [0, 0.1) is 17.1 Å². The second kappa shape index (κ2) is 5.80. The molecule has 1 atom stereocenters. The predicted octanol–water partition coefficient (Wildman–Crippen LogP) is 1.30.